The lowest BCUT2D eigenvalue weighted by molar-refractivity contribution is 0.132. The van der Waals surface area contributed by atoms with Crippen LogP contribution in [0.3, 0.4) is 0 Å². The molecule has 0 aromatic carbocycles. The van der Waals surface area contributed by atoms with Gasteiger partial charge in [0.2, 0.25) is 0 Å². The van der Waals surface area contributed by atoms with Crippen LogP contribution in [-0.2, 0) is 0 Å². The van der Waals surface area contributed by atoms with Crippen LogP contribution >= 0.6 is 0 Å². The molecule has 2 saturated carbocycles. The van der Waals surface area contributed by atoms with Crippen molar-refractivity contribution in [2.75, 3.05) is 0 Å². The zero-order valence-corrected chi connectivity index (χ0v) is 8.06. The highest BCUT2D eigenvalue weighted by molar-refractivity contribution is 5.15. The number of hydrogen-bond acceptors (Lipinski definition) is 0. The van der Waals surface area contributed by atoms with Crippen LogP contribution in [0.2, 0.25) is 0 Å². The van der Waals surface area contributed by atoms with E-state index in [0.717, 1.165) is 23.2 Å². The molecule has 0 bridgehead atoms. The van der Waals surface area contributed by atoms with Gasteiger partial charge in [-0.05, 0) is 42.4 Å². The van der Waals surface area contributed by atoms with Crippen molar-refractivity contribution in [1.29, 1.82) is 0 Å². The van der Waals surface area contributed by atoms with Gasteiger partial charge in [0.1, 0.15) is 0 Å². The molecule has 4 atom stereocenters. The van der Waals surface area contributed by atoms with Crippen molar-refractivity contribution < 1.29 is 0 Å². The topological polar surface area (TPSA) is 0 Å². The highest BCUT2D eigenvalue weighted by Crippen LogP contribution is 2.73. The second-order valence-electron chi connectivity index (χ2n) is 4.74. The summed E-state index contributed by atoms with van der Waals surface area (Å²) >= 11 is 0. The van der Waals surface area contributed by atoms with E-state index < -0.39 is 0 Å². The molecule has 0 aromatic heterocycles. The summed E-state index contributed by atoms with van der Waals surface area (Å²) in [7, 11) is 0. The minimum atomic E-state index is 0.857. The smallest absolute Gasteiger partial charge is 0.0212 e. The summed E-state index contributed by atoms with van der Waals surface area (Å²) in [5, 5.41) is 0. The van der Waals surface area contributed by atoms with Gasteiger partial charge in [-0.3, -0.25) is 0 Å². The van der Waals surface area contributed by atoms with Crippen LogP contribution in [0.25, 0.3) is 0 Å². The van der Waals surface area contributed by atoms with E-state index in [2.05, 4.69) is 20.8 Å². The average Bonchev–Trinajstić information content (AvgIpc) is 2.58. The van der Waals surface area contributed by atoms with Crippen LogP contribution < -0.4 is 0 Å². The third-order valence-corrected chi connectivity index (χ3v) is 4.56. The van der Waals surface area contributed by atoms with Gasteiger partial charge in [-0.25, -0.2) is 0 Å². The van der Waals surface area contributed by atoms with Gasteiger partial charge in [0.25, 0.3) is 0 Å². The predicted molar refractivity (Wildman–Crippen MR) is 48.4 cm³/mol. The molecule has 0 saturated heterocycles. The largest absolute Gasteiger partial charge is 0.0654 e. The summed E-state index contributed by atoms with van der Waals surface area (Å²) < 4.78 is 0. The van der Waals surface area contributed by atoms with Crippen molar-refractivity contribution in [1.82, 2.24) is 0 Å². The Hall–Kier alpha value is 0. The molecule has 2 aliphatic carbocycles. The Bertz CT molecular complexity index is 161. The highest BCUT2D eigenvalue weighted by Gasteiger charge is 2.66. The highest BCUT2D eigenvalue weighted by atomic mass is 14.7. The summed E-state index contributed by atoms with van der Waals surface area (Å²) in [5.41, 5.74) is 0.857. The Morgan fingerprint density at radius 1 is 1.36 bits per heavy atom. The van der Waals surface area contributed by atoms with Gasteiger partial charge in [0, 0.05) is 0 Å². The fourth-order valence-electron chi connectivity index (χ4n) is 3.58. The SMILES string of the molecule is CCCC1C(C)C12CCC2C. The molecule has 11 heavy (non-hydrogen) atoms. The molecule has 0 heteroatoms. The van der Waals surface area contributed by atoms with Gasteiger partial charge < -0.3 is 0 Å². The van der Waals surface area contributed by atoms with Crippen molar-refractivity contribution in [3.05, 3.63) is 0 Å². The van der Waals surface area contributed by atoms with Crippen LogP contribution in [0.1, 0.15) is 46.5 Å². The molecule has 0 aliphatic heterocycles. The molecule has 0 radical (unpaired) electrons. The molecule has 0 amide bonds. The average molecular weight is 152 g/mol. The predicted octanol–water partition coefficient (Wildman–Crippen LogP) is 3.47. The van der Waals surface area contributed by atoms with Crippen LogP contribution in [0, 0.1) is 23.2 Å². The lowest BCUT2D eigenvalue weighted by atomic mass is 9.68. The fourth-order valence-corrected chi connectivity index (χ4v) is 3.58. The third kappa shape index (κ3) is 0.761. The lowest BCUT2D eigenvalue weighted by Gasteiger charge is -2.36. The first-order chi connectivity index (χ1) is 5.23. The first kappa shape index (κ1) is 7.64. The van der Waals surface area contributed by atoms with E-state index in [1.165, 1.54) is 19.3 Å². The van der Waals surface area contributed by atoms with Crippen molar-refractivity contribution in [3.63, 3.8) is 0 Å². The quantitative estimate of drug-likeness (QED) is 0.568. The third-order valence-electron chi connectivity index (χ3n) is 4.56. The Morgan fingerprint density at radius 2 is 2.09 bits per heavy atom. The molecular weight excluding hydrogens is 132 g/mol. The molecule has 64 valence electrons. The summed E-state index contributed by atoms with van der Waals surface area (Å²) in [5.74, 6) is 3.22. The van der Waals surface area contributed by atoms with Crippen LogP contribution in [0.5, 0.6) is 0 Å². The molecule has 0 nitrogen and oxygen atoms in total. The normalized spacial score (nSPS) is 54.3. The minimum absolute atomic E-state index is 0.857. The van der Waals surface area contributed by atoms with Crippen LogP contribution in [0.4, 0.5) is 0 Å². The molecule has 2 aliphatic rings. The van der Waals surface area contributed by atoms with Crippen molar-refractivity contribution >= 4 is 0 Å². The summed E-state index contributed by atoms with van der Waals surface area (Å²) in [6.45, 7) is 7.24. The van der Waals surface area contributed by atoms with E-state index in [4.69, 9.17) is 0 Å². The molecular formula is C11H20. The molecule has 1 spiro atoms. The minimum Gasteiger partial charge on any atom is -0.0654 e. The first-order valence-electron chi connectivity index (χ1n) is 5.23. The Morgan fingerprint density at radius 3 is 2.36 bits per heavy atom. The Kier molecular flexibility index (Phi) is 1.56. The molecule has 0 N–H and O–H groups in total. The Balaban J connectivity index is 1.97. The van der Waals surface area contributed by atoms with Crippen LogP contribution in [0.15, 0.2) is 0 Å². The second kappa shape index (κ2) is 2.24. The molecule has 4 unspecified atom stereocenters. The van der Waals surface area contributed by atoms with Crippen molar-refractivity contribution in [2.24, 2.45) is 23.2 Å². The number of rotatable bonds is 2. The van der Waals surface area contributed by atoms with E-state index in [9.17, 15) is 0 Å². The van der Waals surface area contributed by atoms with Gasteiger partial charge in [-0.2, -0.15) is 0 Å². The maximum atomic E-state index is 2.47. The molecule has 0 heterocycles. The summed E-state index contributed by atoms with van der Waals surface area (Å²) in [6, 6.07) is 0. The van der Waals surface area contributed by atoms with Gasteiger partial charge in [-0.15, -0.1) is 0 Å². The standard InChI is InChI=1S/C11H20/c1-4-5-10-9(3)11(10)7-6-8(11)2/h8-10H,4-7H2,1-3H3. The van der Waals surface area contributed by atoms with Gasteiger partial charge in [0.05, 0.1) is 0 Å². The molecule has 2 fully saturated rings. The monoisotopic (exact) mass is 152 g/mol. The van der Waals surface area contributed by atoms with Crippen molar-refractivity contribution in [3.8, 4) is 0 Å². The van der Waals surface area contributed by atoms with E-state index in [1.807, 2.05) is 0 Å². The molecule has 2 rings (SSSR count). The number of hydrogen-bond donors (Lipinski definition) is 0. The van der Waals surface area contributed by atoms with E-state index in [1.54, 1.807) is 6.42 Å². The van der Waals surface area contributed by atoms with Crippen molar-refractivity contribution in [2.45, 2.75) is 46.5 Å². The van der Waals surface area contributed by atoms with Crippen LogP contribution in [-0.4, -0.2) is 0 Å². The van der Waals surface area contributed by atoms with Gasteiger partial charge in [-0.1, -0.05) is 27.2 Å². The van der Waals surface area contributed by atoms with Gasteiger partial charge >= 0.3 is 0 Å². The second-order valence-corrected chi connectivity index (χ2v) is 4.74. The Labute approximate surface area is 70.4 Å². The maximum absolute atomic E-state index is 2.47. The van der Waals surface area contributed by atoms with Gasteiger partial charge in [0.15, 0.2) is 0 Å². The van der Waals surface area contributed by atoms with E-state index in [0.29, 0.717) is 0 Å². The first-order valence-corrected chi connectivity index (χ1v) is 5.23. The lowest BCUT2D eigenvalue weighted by Crippen LogP contribution is -2.27. The zero-order chi connectivity index (χ0) is 8.06. The maximum Gasteiger partial charge on any atom is -0.0212 e. The van der Waals surface area contributed by atoms with E-state index in [-0.39, 0.29) is 0 Å². The fraction of sp³-hybridized carbons (Fsp3) is 1.00. The summed E-state index contributed by atoms with van der Waals surface area (Å²) in [6.07, 6.45) is 5.93. The zero-order valence-electron chi connectivity index (χ0n) is 8.06. The van der Waals surface area contributed by atoms with E-state index >= 15 is 0 Å². The summed E-state index contributed by atoms with van der Waals surface area (Å²) in [4.78, 5) is 0. The molecule has 0 aromatic rings.